The van der Waals surface area contributed by atoms with Crippen molar-refractivity contribution in [3.05, 3.63) is 35.4 Å². The van der Waals surface area contributed by atoms with Crippen LogP contribution < -0.4 is 0 Å². The molecular weight excluding hydrogens is 184 g/mol. The Bertz CT molecular complexity index is 287. The monoisotopic (exact) mass is 198 g/mol. The normalized spacial score (nSPS) is 23.7. The third-order valence-electron chi connectivity index (χ3n) is 2.17. The number of aliphatic hydroxyl groups excluding tert-OH is 3. The predicted molar refractivity (Wildman–Crippen MR) is 50.4 cm³/mol. The van der Waals surface area contributed by atoms with E-state index in [0.717, 1.165) is 11.1 Å². The van der Waals surface area contributed by atoms with E-state index in [-0.39, 0.29) is 0 Å². The van der Waals surface area contributed by atoms with Gasteiger partial charge in [0.1, 0.15) is 12.9 Å². The van der Waals surface area contributed by atoms with Crippen LogP contribution in [0.4, 0.5) is 0 Å². The van der Waals surface area contributed by atoms with Crippen LogP contribution in [0.25, 0.3) is 0 Å². The highest BCUT2D eigenvalue weighted by Crippen LogP contribution is 2.30. The second kappa shape index (κ2) is 5.07. The van der Waals surface area contributed by atoms with E-state index in [2.05, 4.69) is 0 Å². The number of hydrogen-bond donors (Lipinski definition) is 4. The van der Waals surface area contributed by atoms with Crippen molar-refractivity contribution < 1.29 is 20.4 Å². The van der Waals surface area contributed by atoms with Gasteiger partial charge in [-0.25, -0.2) is 0 Å². The SMILES string of the molecule is OC1Cc2ccccc2C1O.OCO. The van der Waals surface area contributed by atoms with Gasteiger partial charge in [-0.05, 0) is 11.1 Å². The molecule has 0 aliphatic heterocycles. The lowest BCUT2D eigenvalue weighted by Gasteiger charge is -2.06. The summed E-state index contributed by atoms with van der Waals surface area (Å²) in [4.78, 5) is 0. The molecule has 0 fully saturated rings. The largest absolute Gasteiger partial charge is 0.390 e. The maximum absolute atomic E-state index is 9.40. The summed E-state index contributed by atoms with van der Waals surface area (Å²) in [6, 6.07) is 7.59. The van der Waals surface area contributed by atoms with Crippen LogP contribution in [0.15, 0.2) is 24.3 Å². The molecule has 0 radical (unpaired) electrons. The molecule has 2 atom stereocenters. The molecule has 1 aromatic rings. The quantitative estimate of drug-likeness (QED) is 0.426. The molecule has 0 spiro atoms. The van der Waals surface area contributed by atoms with Crippen LogP contribution in [0.5, 0.6) is 0 Å². The Morgan fingerprint density at radius 1 is 1.14 bits per heavy atom. The highest BCUT2D eigenvalue weighted by Gasteiger charge is 2.28. The zero-order valence-corrected chi connectivity index (χ0v) is 7.67. The maximum Gasteiger partial charge on any atom is 0.140 e. The molecule has 4 N–H and O–H groups in total. The van der Waals surface area contributed by atoms with Crippen molar-refractivity contribution in [2.75, 3.05) is 6.79 Å². The van der Waals surface area contributed by atoms with Crippen LogP contribution in [0, 0.1) is 0 Å². The summed E-state index contributed by atoms with van der Waals surface area (Å²) < 4.78 is 0. The molecule has 4 nitrogen and oxygen atoms in total. The Hall–Kier alpha value is -0.940. The molecule has 1 aromatic carbocycles. The minimum atomic E-state index is -0.750. The van der Waals surface area contributed by atoms with Gasteiger partial charge in [-0.1, -0.05) is 24.3 Å². The van der Waals surface area contributed by atoms with E-state index in [1.807, 2.05) is 24.3 Å². The van der Waals surface area contributed by atoms with Crippen LogP contribution in [0.3, 0.4) is 0 Å². The molecule has 1 aliphatic rings. The summed E-state index contributed by atoms with van der Waals surface area (Å²) in [6.45, 7) is -0.750. The van der Waals surface area contributed by atoms with E-state index in [4.69, 9.17) is 10.2 Å². The van der Waals surface area contributed by atoms with Crippen LogP contribution in [0.1, 0.15) is 17.2 Å². The summed E-state index contributed by atoms with van der Waals surface area (Å²) in [5.74, 6) is 0. The first-order chi connectivity index (χ1) is 6.70. The number of benzene rings is 1. The molecular formula is C10H14O4. The van der Waals surface area contributed by atoms with Crippen molar-refractivity contribution in [1.29, 1.82) is 0 Å². The smallest absolute Gasteiger partial charge is 0.140 e. The Morgan fingerprint density at radius 3 is 2.29 bits per heavy atom. The van der Waals surface area contributed by atoms with Crippen LogP contribution in [-0.4, -0.2) is 33.3 Å². The van der Waals surface area contributed by atoms with Crippen molar-refractivity contribution in [1.82, 2.24) is 0 Å². The minimum Gasteiger partial charge on any atom is -0.390 e. The van der Waals surface area contributed by atoms with Crippen molar-refractivity contribution in [3.8, 4) is 0 Å². The minimum absolute atomic E-state index is 0.581. The van der Waals surface area contributed by atoms with Gasteiger partial charge in [-0.15, -0.1) is 0 Å². The van der Waals surface area contributed by atoms with Crippen molar-refractivity contribution in [2.45, 2.75) is 18.6 Å². The van der Waals surface area contributed by atoms with Gasteiger partial charge in [0, 0.05) is 6.42 Å². The standard InChI is InChI=1S/C9H10O2.CH4O2/c10-8-5-6-3-1-2-4-7(6)9(8)11;2-1-3/h1-4,8-11H,5H2;2-3H,1H2. The highest BCUT2D eigenvalue weighted by molar-refractivity contribution is 5.34. The van der Waals surface area contributed by atoms with E-state index in [9.17, 15) is 10.2 Å². The fraction of sp³-hybridized carbons (Fsp3) is 0.400. The number of rotatable bonds is 0. The van der Waals surface area contributed by atoms with Crippen molar-refractivity contribution in [2.24, 2.45) is 0 Å². The Balaban J connectivity index is 0.000000293. The van der Waals surface area contributed by atoms with Crippen LogP contribution in [0.2, 0.25) is 0 Å². The van der Waals surface area contributed by atoms with Crippen LogP contribution >= 0.6 is 0 Å². The summed E-state index contributed by atoms with van der Waals surface area (Å²) in [6.07, 6.45) is -0.698. The average molecular weight is 198 g/mol. The second-order valence-electron chi connectivity index (χ2n) is 3.06. The van der Waals surface area contributed by atoms with Gasteiger partial charge in [0.15, 0.2) is 0 Å². The van der Waals surface area contributed by atoms with Gasteiger partial charge >= 0.3 is 0 Å². The molecule has 0 bridgehead atoms. The highest BCUT2D eigenvalue weighted by atomic mass is 16.5. The third-order valence-corrected chi connectivity index (χ3v) is 2.17. The van der Waals surface area contributed by atoms with Gasteiger partial charge < -0.3 is 20.4 Å². The molecule has 4 heteroatoms. The number of fused-ring (bicyclic) bond motifs is 1. The predicted octanol–water partition coefficient (Wildman–Crippen LogP) is -0.434. The van der Waals surface area contributed by atoms with Crippen LogP contribution in [-0.2, 0) is 6.42 Å². The van der Waals surface area contributed by atoms with Gasteiger partial charge in [0.25, 0.3) is 0 Å². The lowest BCUT2D eigenvalue weighted by molar-refractivity contribution is 0.0326. The molecule has 1 aliphatic carbocycles. The van der Waals surface area contributed by atoms with E-state index >= 15 is 0 Å². The molecule has 0 amide bonds. The summed E-state index contributed by atoms with van der Waals surface area (Å²) in [5.41, 5.74) is 1.94. The topological polar surface area (TPSA) is 80.9 Å². The zero-order chi connectivity index (χ0) is 10.6. The van der Waals surface area contributed by atoms with Crippen molar-refractivity contribution in [3.63, 3.8) is 0 Å². The maximum atomic E-state index is 9.40. The zero-order valence-electron chi connectivity index (χ0n) is 7.67. The third kappa shape index (κ3) is 2.30. The molecule has 14 heavy (non-hydrogen) atoms. The van der Waals surface area contributed by atoms with Gasteiger partial charge in [-0.3, -0.25) is 0 Å². The number of hydrogen-bond acceptors (Lipinski definition) is 4. The van der Waals surface area contributed by atoms with Gasteiger partial charge in [0.05, 0.1) is 6.10 Å². The number of aliphatic hydroxyl groups is 4. The van der Waals surface area contributed by atoms with E-state index in [0.29, 0.717) is 6.42 Å². The van der Waals surface area contributed by atoms with Crippen molar-refractivity contribution >= 4 is 0 Å². The lowest BCUT2D eigenvalue weighted by atomic mass is 10.1. The first kappa shape index (κ1) is 11.1. The molecule has 2 unspecified atom stereocenters. The fourth-order valence-corrected chi connectivity index (χ4v) is 1.55. The molecule has 0 aromatic heterocycles. The van der Waals surface area contributed by atoms with Gasteiger partial charge in [0.2, 0.25) is 0 Å². The molecule has 0 heterocycles. The molecule has 0 saturated heterocycles. The Kier molecular flexibility index (Phi) is 4.03. The second-order valence-corrected chi connectivity index (χ2v) is 3.06. The summed E-state index contributed by atoms with van der Waals surface area (Å²) >= 11 is 0. The molecule has 0 saturated carbocycles. The fourth-order valence-electron chi connectivity index (χ4n) is 1.55. The summed E-state index contributed by atoms with van der Waals surface area (Å²) in [7, 11) is 0. The first-order valence-corrected chi connectivity index (χ1v) is 4.36. The Morgan fingerprint density at radius 2 is 1.71 bits per heavy atom. The molecule has 2 rings (SSSR count). The Labute approximate surface area is 82.1 Å². The first-order valence-electron chi connectivity index (χ1n) is 4.36. The lowest BCUT2D eigenvalue weighted by Crippen LogP contribution is -2.11. The van der Waals surface area contributed by atoms with E-state index in [1.165, 1.54) is 0 Å². The van der Waals surface area contributed by atoms with E-state index < -0.39 is 19.0 Å². The average Bonchev–Trinajstić information content (AvgIpc) is 2.45. The summed E-state index contributed by atoms with van der Waals surface area (Å²) in [5, 5.41) is 32.9. The molecule has 78 valence electrons. The van der Waals surface area contributed by atoms with E-state index in [1.54, 1.807) is 0 Å². The van der Waals surface area contributed by atoms with Gasteiger partial charge in [-0.2, -0.15) is 0 Å².